The van der Waals surface area contributed by atoms with Gasteiger partial charge in [0.05, 0.1) is 11.8 Å². The van der Waals surface area contributed by atoms with Crippen LogP contribution in [0, 0.1) is 11.8 Å². The highest BCUT2D eigenvalue weighted by Gasteiger charge is 2.61. The van der Waals surface area contributed by atoms with Crippen LogP contribution in [-0.4, -0.2) is 41.7 Å². The molecule has 40 heavy (non-hydrogen) atoms. The van der Waals surface area contributed by atoms with Gasteiger partial charge < -0.3 is 10.1 Å². The first-order valence-corrected chi connectivity index (χ1v) is 14.5. The van der Waals surface area contributed by atoms with Gasteiger partial charge in [0.2, 0.25) is 11.8 Å². The highest BCUT2D eigenvalue weighted by Crippen LogP contribution is 2.60. The largest absolute Gasteiger partial charge is 0.456 e. The van der Waals surface area contributed by atoms with Crippen LogP contribution in [-0.2, 0) is 23.9 Å². The van der Waals surface area contributed by atoms with E-state index in [9.17, 15) is 19.2 Å². The molecule has 204 valence electrons. The molecule has 0 aromatic heterocycles. The van der Waals surface area contributed by atoms with Crippen molar-refractivity contribution in [3.63, 3.8) is 0 Å². The standard InChI is InChI=1S/C32H29BrN2O5/c33-19-13-15-20(16-14-19)34-25(36)18-40-26(37)12-2-1-7-17-35-31(38)29-27-21-8-3-4-9-22(21)28(30(29)32(35)39)24-11-6-5-10-23(24)27/h3-6,8-11,13-16,27-30H,1-2,7,12,17-18H2,(H,34,36)/t27?,28?,29-,30+. The molecule has 0 spiro atoms. The maximum absolute atomic E-state index is 13.6. The summed E-state index contributed by atoms with van der Waals surface area (Å²) in [4.78, 5) is 52.8. The Morgan fingerprint density at radius 3 is 1.80 bits per heavy atom. The second kappa shape index (κ2) is 11.0. The summed E-state index contributed by atoms with van der Waals surface area (Å²) < 4.78 is 5.99. The summed E-state index contributed by atoms with van der Waals surface area (Å²) in [6.45, 7) is 0.00298. The van der Waals surface area contributed by atoms with Crippen LogP contribution in [0.25, 0.3) is 0 Å². The number of unbranched alkanes of at least 4 members (excludes halogenated alkanes) is 2. The molecule has 3 aromatic carbocycles. The van der Waals surface area contributed by atoms with Crippen LogP contribution in [0.2, 0.25) is 0 Å². The summed E-state index contributed by atoms with van der Waals surface area (Å²) in [6, 6.07) is 23.5. The average Bonchev–Trinajstić information content (AvgIpc) is 3.22. The lowest BCUT2D eigenvalue weighted by Crippen LogP contribution is -2.41. The Balaban J connectivity index is 1.000. The number of likely N-dealkylation sites (tertiary alicyclic amines) is 1. The van der Waals surface area contributed by atoms with Crippen molar-refractivity contribution >= 4 is 45.3 Å². The Kier molecular flexibility index (Phi) is 7.27. The van der Waals surface area contributed by atoms with E-state index in [0.29, 0.717) is 31.5 Å². The number of carbonyl (C=O) groups is 4. The van der Waals surface area contributed by atoms with Gasteiger partial charge in [-0.15, -0.1) is 0 Å². The highest BCUT2D eigenvalue weighted by molar-refractivity contribution is 9.10. The summed E-state index contributed by atoms with van der Waals surface area (Å²) in [5, 5.41) is 2.68. The lowest BCUT2D eigenvalue weighted by atomic mass is 9.55. The number of esters is 1. The fourth-order valence-electron chi connectivity index (χ4n) is 6.62. The lowest BCUT2D eigenvalue weighted by molar-refractivity contribution is -0.147. The lowest BCUT2D eigenvalue weighted by Gasteiger charge is -2.45. The Labute approximate surface area is 241 Å². The number of carbonyl (C=O) groups excluding carboxylic acids is 4. The maximum atomic E-state index is 13.6. The summed E-state index contributed by atoms with van der Waals surface area (Å²) in [6.07, 6.45) is 2.01. The number of benzene rings is 3. The first-order valence-electron chi connectivity index (χ1n) is 13.7. The van der Waals surface area contributed by atoms with Gasteiger partial charge in [-0.2, -0.15) is 0 Å². The predicted octanol–water partition coefficient (Wildman–Crippen LogP) is 5.38. The number of rotatable bonds is 9. The highest BCUT2D eigenvalue weighted by atomic mass is 79.9. The molecule has 1 heterocycles. The summed E-state index contributed by atoms with van der Waals surface area (Å²) in [5.41, 5.74) is 5.29. The van der Waals surface area contributed by atoms with E-state index in [4.69, 9.17) is 4.74 Å². The van der Waals surface area contributed by atoms with E-state index in [1.165, 1.54) is 27.2 Å². The number of nitrogens with zero attached hydrogens (tertiary/aromatic N) is 1. The van der Waals surface area contributed by atoms with Crippen molar-refractivity contribution in [3.05, 3.63) is 99.5 Å². The van der Waals surface area contributed by atoms with Crippen LogP contribution < -0.4 is 5.32 Å². The minimum atomic E-state index is -0.447. The topological polar surface area (TPSA) is 92.8 Å². The molecule has 0 radical (unpaired) electrons. The Morgan fingerprint density at radius 1 is 0.750 bits per heavy atom. The van der Waals surface area contributed by atoms with Gasteiger partial charge in [0.25, 0.3) is 5.91 Å². The van der Waals surface area contributed by atoms with Crippen molar-refractivity contribution in [2.24, 2.45) is 11.8 Å². The SMILES string of the molecule is O=C(COC(=O)CCCCCN1C(=O)[C@@H]2C3c4ccccc4C(c4ccccc43)[C@@H]2C1=O)Nc1ccc(Br)cc1. The zero-order valence-electron chi connectivity index (χ0n) is 21.8. The van der Waals surface area contributed by atoms with E-state index in [2.05, 4.69) is 45.5 Å². The molecule has 7 nitrogen and oxygen atoms in total. The van der Waals surface area contributed by atoms with E-state index in [-0.39, 0.29) is 48.5 Å². The summed E-state index contributed by atoms with van der Waals surface area (Å²) >= 11 is 3.34. The third-order valence-electron chi connectivity index (χ3n) is 8.29. The van der Waals surface area contributed by atoms with Gasteiger partial charge in [0, 0.05) is 35.0 Å². The van der Waals surface area contributed by atoms with Crippen molar-refractivity contribution in [2.75, 3.05) is 18.5 Å². The first-order chi connectivity index (χ1) is 19.4. The van der Waals surface area contributed by atoms with Crippen LogP contribution >= 0.6 is 15.9 Å². The van der Waals surface area contributed by atoms with E-state index in [1.807, 2.05) is 24.3 Å². The third-order valence-corrected chi connectivity index (χ3v) is 8.82. The zero-order valence-corrected chi connectivity index (χ0v) is 23.4. The fourth-order valence-corrected chi connectivity index (χ4v) is 6.89. The molecule has 7 rings (SSSR count). The molecule has 2 atom stereocenters. The smallest absolute Gasteiger partial charge is 0.306 e. The molecule has 2 bridgehead atoms. The van der Waals surface area contributed by atoms with Crippen LogP contribution in [0.3, 0.4) is 0 Å². The van der Waals surface area contributed by atoms with Gasteiger partial charge in [-0.1, -0.05) is 70.9 Å². The van der Waals surface area contributed by atoms with Crippen LogP contribution in [0.15, 0.2) is 77.3 Å². The second-order valence-corrected chi connectivity index (χ2v) is 11.5. The van der Waals surface area contributed by atoms with Crippen molar-refractivity contribution in [1.82, 2.24) is 4.90 Å². The van der Waals surface area contributed by atoms with Crippen molar-refractivity contribution in [3.8, 4) is 0 Å². The normalized spacial score (nSPS) is 22.0. The monoisotopic (exact) mass is 600 g/mol. The molecule has 3 aliphatic carbocycles. The van der Waals surface area contributed by atoms with Crippen molar-refractivity contribution < 1.29 is 23.9 Å². The minimum absolute atomic E-state index is 0.0785. The quantitative estimate of drug-likeness (QED) is 0.202. The van der Waals surface area contributed by atoms with Gasteiger partial charge in [-0.3, -0.25) is 24.1 Å². The van der Waals surface area contributed by atoms with Crippen LogP contribution in [0.1, 0.15) is 59.8 Å². The van der Waals surface area contributed by atoms with E-state index in [0.717, 1.165) is 4.47 Å². The first kappa shape index (κ1) is 26.4. The molecule has 3 amide bonds. The molecular weight excluding hydrogens is 572 g/mol. The van der Waals surface area contributed by atoms with Crippen molar-refractivity contribution in [1.29, 1.82) is 0 Å². The molecule has 1 fully saturated rings. The minimum Gasteiger partial charge on any atom is -0.456 e. The number of hydrogen-bond acceptors (Lipinski definition) is 5. The molecule has 4 aliphatic rings. The number of anilines is 1. The van der Waals surface area contributed by atoms with Gasteiger partial charge >= 0.3 is 5.97 Å². The summed E-state index contributed by atoms with van der Waals surface area (Å²) in [5.74, 6) is -1.92. The molecule has 0 unspecified atom stereocenters. The number of amides is 3. The van der Waals surface area contributed by atoms with Gasteiger partial charge in [-0.25, -0.2) is 0 Å². The van der Waals surface area contributed by atoms with Gasteiger partial charge in [0.15, 0.2) is 6.61 Å². The number of imide groups is 1. The molecular formula is C32H29BrN2O5. The molecule has 1 saturated heterocycles. The van der Waals surface area contributed by atoms with E-state index in [1.54, 1.807) is 24.3 Å². The number of hydrogen-bond donors (Lipinski definition) is 1. The summed E-state index contributed by atoms with van der Waals surface area (Å²) in [7, 11) is 0. The number of ether oxygens (including phenoxy) is 1. The Bertz CT molecular complexity index is 1370. The maximum Gasteiger partial charge on any atom is 0.306 e. The predicted molar refractivity (Wildman–Crippen MR) is 152 cm³/mol. The fraction of sp³-hybridized carbons (Fsp3) is 0.312. The van der Waals surface area contributed by atoms with E-state index < -0.39 is 11.9 Å². The van der Waals surface area contributed by atoms with E-state index >= 15 is 0 Å². The average molecular weight is 601 g/mol. The molecule has 1 aliphatic heterocycles. The van der Waals surface area contributed by atoms with Gasteiger partial charge in [0.1, 0.15) is 0 Å². The second-order valence-electron chi connectivity index (χ2n) is 10.6. The third kappa shape index (κ3) is 4.74. The van der Waals surface area contributed by atoms with Crippen LogP contribution in [0.5, 0.6) is 0 Å². The molecule has 3 aromatic rings. The number of halogens is 1. The van der Waals surface area contributed by atoms with Crippen LogP contribution in [0.4, 0.5) is 5.69 Å². The molecule has 8 heteroatoms. The van der Waals surface area contributed by atoms with Gasteiger partial charge in [-0.05, 0) is 59.4 Å². The Morgan fingerprint density at radius 2 is 1.27 bits per heavy atom. The van der Waals surface area contributed by atoms with Crippen molar-refractivity contribution in [2.45, 2.75) is 37.5 Å². The Hall–Kier alpha value is -3.78. The number of nitrogens with one attached hydrogen (secondary N) is 1. The molecule has 1 N–H and O–H groups in total. The molecule has 0 saturated carbocycles. The zero-order chi connectivity index (χ0) is 27.8.